The van der Waals surface area contributed by atoms with E-state index in [4.69, 9.17) is 0 Å². The Morgan fingerprint density at radius 3 is 2.14 bits per heavy atom. The van der Waals surface area contributed by atoms with Crippen molar-refractivity contribution in [2.75, 3.05) is 0 Å². The molecule has 0 bridgehead atoms. The molecule has 1 atom stereocenters. The fourth-order valence-corrected chi connectivity index (χ4v) is 7.56. The van der Waals surface area contributed by atoms with Crippen LogP contribution in [0, 0.1) is 0 Å². The largest absolute Gasteiger partial charge is 0.523 e. The highest BCUT2D eigenvalue weighted by molar-refractivity contribution is 8.37. The van der Waals surface area contributed by atoms with E-state index in [1.54, 1.807) is 0 Å². The summed E-state index contributed by atoms with van der Waals surface area (Å²) in [6, 6.07) is 4.92. The number of rotatable bonds is 8. The molecule has 11 heteroatoms. The summed E-state index contributed by atoms with van der Waals surface area (Å²) in [6.07, 6.45) is 4.37. The molecular weight excluding hydrogens is 430 g/mol. The number of fused-ring (bicyclic) bond motifs is 1. The maximum absolute atomic E-state index is 14.1. The molecule has 0 aliphatic carbocycles. The van der Waals surface area contributed by atoms with Gasteiger partial charge >= 0.3 is 21.1 Å². The second-order valence-electron chi connectivity index (χ2n) is 6.28. The first-order valence-corrected chi connectivity index (χ1v) is 11.5. The van der Waals surface area contributed by atoms with Gasteiger partial charge in [0, 0.05) is 20.1 Å². The molecule has 160 valence electrons. The summed E-state index contributed by atoms with van der Waals surface area (Å²) in [6.45, 7) is 1.96. The van der Waals surface area contributed by atoms with Gasteiger partial charge in [-0.15, -0.1) is 0 Å². The quantitative estimate of drug-likeness (QED) is 0.247. The van der Waals surface area contributed by atoms with Crippen molar-refractivity contribution in [1.82, 2.24) is 0 Å². The lowest BCUT2D eigenvalue weighted by Gasteiger charge is -2.39. The van der Waals surface area contributed by atoms with Gasteiger partial charge in [-0.2, -0.15) is 38.4 Å². The van der Waals surface area contributed by atoms with Crippen molar-refractivity contribution >= 4 is 26.5 Å². The summed E-state index contributed by atoms with van der Waals surface area (Å²) in [4.78, 5) is -1.02. The second kappa shape index (κ2) is 8.27. The summed E-state index contributed by atoms with van der Waals surface area (Å²) < 4.78 is 108. The van der Waals surface area contributed by atoms with Gasteiger partial charge in [0.25, 0.3) is 0 Å². The molecule has 0 aromatic heterocycles. The minimum atomic E-state index is -6.46. The maximum Gasteiger partial charge on any atom is 0.523 e. The fourth-order valence-electron chi connectivity index (χ4n) is 2.94. The normalized spacial score (nSPS) is 22.5. The van der Waals surface area contributed by atoms with Crippen LogP contribution in [0.1, 0.15) is 51.0 Å². The van der Waals surface area contributed by atoms with Gasteiger partial charge in [-0.1, -0.05) is 50.8 Å². The molecule has 1 unspecified atom stereocenters. The van der Waals surface area contributed by atoms with E-state index in [-0.39, 0.29) is 12.0 Å². The number of benzene rings is 1. The lowest BCUT2D eigenvalue weighted by molar-refractivity contribution is -0.0546. The summed E-state index contributed by atoms with van der Waals surface area (Å²) in [7, 11) is -11.3. The highest BCUT2D eigenvalue weighted by atomic mass is 32.3. The van der Waals surface area contributed by atoms with Crippen LogP contribution in [0.2, 0.25) is 0 Å². The van der Waals surface area contributed by atoms with Crippen LogP contribution >= 0.6 is 10.3 Å². The molecule has 0 fully saturated rings. The minimum absolute atomic E-state index is 0.0238. The van der Waals surface area contributed by atoms with Crippen LogP contribution in [-0.4, -0.2) is 19.4 Å². The number of hydrogen-bond donors (Lipinski definition) is 0. The molecule has 0 saturated heterocycles. The third-order valence-electron chi connectivity index (χ3n) is 4.24. The smallest absolute Gasteiger partial charge is 0.196 e. The van der Waals surface area contributed by atoms with Crippen LogP contribution in [0.5, 0.6) is 0 Å². The van der Waals surface area contributed by atoms with Crippen molar-refractivity contribution in [2.24, 2.45) is 0 Å². The van der Waals surface area contributed by atoms with E-state index in [0.717, 1.165) is 31.4 Å². The second-order valence-corrected chi connectivity index (χ2v) is 10.7. The Morgan fingerprint density at radius 2 is 1.57 bits per heavy atom. The molecule has 28 heavy (non-hydrogen) atoms. The predicted molar refractivity (Wildman–Crippen MR) is 95.8 cm³/mol. The van der Waals surface area contributed by atoms with Crippen LogP contribution in [0.3, 0.4) is 0 Å². The van der Waals surface area contributed by atoms with E-state index in [0.29, 0.717) is 12.8 Å². The molecule has 1 aromatic carbocycles. The molecule has 3 nitrogen and oxygen atoms in total. The third kappa shape index (κ3) is 4.35. The highest BCUT2D eigenvalue weighted by Gasteiger charge is 2.63. The first kappa shape index (κ1) is 23.1. The SMILES string of the molecule is CCCCCCCC1=Cc2ccccc2S1(OS(=O)(=O)C(F)(F)F)C(F)(F)F. The van der Waals surface area contributed by atoms with Crippen LogP contribution in [0.25, 0.3) is 6.08 Å². The van der Waals surface area contributed by atoms with Crippen molar-refractivity contribution in [3.63, 3.8) is 0 Å². The Bertz CT molecular complexity index is 830. The topological polar surface area (TPSA) is 43.4 Å². The van der Waals surface area contributed by atoms with E-state index in [9.17, 15) is 34.8 Å². The van der Waals surface area contributed by atoms with Crippen LogP contribution in [0.15, 0.2) is 34.1 Å². The number of halogens is 6. The van der Waals surface area contributed by atoms with Crippen LogP contribution in [-0.2, 0) is 13.7 Å². The maximum atomic E-state index is 14.1. The minimum Gasteiger partial charge on any atom is -0.196 e. The van der Waals surface area contributed by atoms with Crippen molar-refractivity contribution in [2.45, 2.75) is 61.4 Å². The van der Waals surface area contributed by atoms with E-state index in [1.165, 1.54) is 18.2 Å². The molecule has 0 N–H and O–H groups in total. The van der Waals surface area contributed by atoms with E-state index in [1.807, 2.05) is 6.92 Å². The van der Waals surface area contributed by atoms with Gasteiger partial charge in [-0.25, -0.2) is 0 Å². The summed E-state index contributed by atoms with van der Waals surface area (Å²) >= 11 is 0. The Balaban J connectivity index is 2.50. The molecule has 1 aromatic rings. The lowest BCUT2D eigenvalue weighted by Crippen LogP contribution is -2.32. The number of unbranched alkanes of at least 4 members (excludes halogenated alkanes) is 4. The van der Waals surface area contributed by atoms with Gasteiger partial charge < -0.3 is 0 Å². The van der Waals surface area contributed by atoms with Crippen molar-refractivity contribution in [3.8, 4) is 0 Å². The van der Waals surface area contributed by atoms with Crippen molar-refractivity contribution < 1.29 is 38.4 Å². The van der Waals surface area contributed by atoms with Crippen LogP contribution < -0.4 is 0 Å². The van der Waals surface area contributed by atoms with Gasteiger partial charge in [0.15, 0.2) is 0 Å². The first-order valence-electron chi connectivity index (χ1n) is 8.58. The van der Waals surface area contributed by atoms with E-state index >= 15 is 0 Å². The highest BCUT2D eigenvalue weighted by Crippen LogP contribution is 2.78. The number of alkyl halides is 6. The third-order valence-corrected chi connectivity index (χ3v) is 9.05. The zero-order chi connectivity index (χ0) is 21.2. The van der Waals surface area contributed by atoms with Crippen LogP contribution in [0.4, 0.5) is 26.3 Å². The molecule has 0 spiro atoms. The zero-order valence-electron chi connectivity index (χ0n) is 14.9. The Labute approximate surface area is 161 Å². The van der Waals surface area contributed by atoms with Gasteiger partial charge in [0.2, 0.25) is 0 Å². The summed E-state index contributed by atoms with van der Waals surface area (Å²) in [5, 5.41) is 0. The molecule has 0 saturated carbocycles. The number of hydrogen-bond acceptors (Lipinski definition) is 3. The predicted octanol–water partition coefficient (Wildman–Crippen LogP) is 6.87. The Hall–Kier alpha value is -1.20. The van der Waals surface area contributed by atoms with Gasteiger partial charge in [0.05, 0.1) is 0 Å². The molecule has 1 aliphatic heterocycles. The average Bonchev–Trinajstić information content (AvgIpc) is 2.88. The summed E-state index contributed by atoms with van der Waals surface area (Å²) in [5.74, 6) is 0. The molecule has 1 heterocycles. The van der Waals surface area contributed by atoms with Gasteiger partial charge in [-0.3, -0.25) is 0 Å². The molecule has 0 amide bonds. The Kier molecular flexibility index (Phi) is 6.82. The molecule has 0 radical (unpaired) electrons. The lowest BCUT2D eigenvalue weighted by atomic mass is 10.1. The zero-order valence-corrected chi connectivity index (χ0v) is 16.6. The van der Waals surface area contributed by atoms with Gasteiger partial charge in [0.1, 0.15) is 0 Å². The standard InChI is InChI=1S/C17H20F6O3S2/c1-2-3-4-5-6-10-14-12-13-9-7-8-11-15(13)27(14,16(18,19)20)26-28(24,25)17(21,22)23/h7-9,11-12H,2-6,10H2,1H3. The van der Waals surface area contributed by atoms with Crippen molar-refractivity contribution in [3.05, 3.63) is 34.7 Å². The molecule has 2 rings (SSSR count). The molecular formula is C17H20F6O3S2. The first-order chi connectivity index (χ1) is 12.9. The summed E-state index contributed by atoms with van der Waals surface area (Å²) in [5.41, 5.74) is -11.3. The van der Waals surface area contributed by atoms with E-state index in [2.05, 4.69) is 3.63 Å². The van der Waals surface area contributed by atoms with Gasteiger partial charge in [-0.05, 0) is 30.5 Å². The van der Waals surface area contributed by atoms with E-state index < -0.39 is 41.2 Å². The number of allylic oxidation sites excluding steroid dienone is 1. The fraction of sp³-hybridized carbons (Fsp3) is 0.529. The molecule has 1 aliphatic rings. The monoisotopic (exact) mass is 450 g/mol. The van der Waals surface area contributed by atoms with Crippen molar-refractivity contribution in [1.29, 1.82) is 0 Å². The average molecular weight is 450 g/mol. The Morgan fingerprint density at radius 1 is 0.964 bits per heavy atom.